The number of rotatable bonds is 8. The minimum absolute atomic E-state index is 0.126. The molecule has 138 valence electrons. The molecule has 0 saturated heterocycles. The highest BCUT2D eigenvalue weighted by Gasteiger charge is 2.09. The van der Waals surface area contributed by atoms with E-state index < -0.39 is 0 Å². The fourth-order valence-electron chi connectivity index (χ4n) is 2.98. The summed E-state index contributed by atoms with van der Waals surface area (Å²) in [6.45, 7) is 2.52. The van der Waals surface area contributed by atoms with Crippen LogP contribution in [0, 0.1) is 10.1 Å². The lowest BCUT2D eigenvalue weighted by atomic mass is 10.1. The third-order valence-corrected chi connectivity index (χ3v) is 4.68. The number of nitro groups is 1. The van der Waals surface area contributed by atoms with E-state index in [1.807, 2.05) is 54.6 Å². The first-order chi connectivity index (χ1) is 13.1. The molecule has 4 nitrogen and oxygen atoms in total. The van der Waals surface area contributed by atoms with Crippen LogP contribution < -0.4 is 0 Å². The second-order valence-corrected chi connectivity index (χ2v) is 6.93. The van der Waals surface area contributed by atoms with Crippen LogP contribution >= 0.6 is 11.6 Å². The molecule has 0 aliphatic carbocycles. The molecule has 0 spiro atoms. The van der Waals surface area contributed by atoms with Crippen molar-refractivity contribution < 1.29 is 4.92 Å². The number of halogens is 1. The SMILES string of the molecule is O=[N+]([O-])c1ccc(CCN(Cc2ccccc2)Cc2ccc(Cl)cc2)cc1. The van der Waals surface area contributed by atoms with Crippen LogP contribution in [0.5, 0.6) is 0 Å². The highest BCUT2D eigenvalue weighted by atomic mass is 35.5. The van der Waals surface area contributed by atoms with Crippen LogP contribution in [-0.4, -0.2) is 16.4 Å². The van der Waals surface area contributed by atoms with Crippen molar-refractivity contribution in [2.45, 2.75) is 19.5 Å². The van der Waals surface area contributed by atoms with Gasteiger partial charge in [0.15, 0.2) is 0 Å². The maximum Gasteiger partial charge on any atom is 0.269 e. The maximum atomic E-state index is 10.8. The van der Waals surface area contributed by atoms with Gasteiger partial charge in [0, 0.05) is 36.8 Å². The number of nitro benzene ring substituents is 1. The number of non-ortho nitro benzene ring substituents is 1. The molecule has 0 aromatic heterocycles. The summed E-state index contributed by atoms with van der Waals surface area (Å²) in [5.74, 6) is 0. The predicted octanol–water partition coefficient (Wildman–Crippen LogP) is 5.49. The summed E-state index contributed by atoms with van der Waals surface area (Å²) < 4.78 is 0. The Morgan fingerprint density at radius 3 is 1.93 bits per heavy atom. The van der Waals surface area contributed by atoms with E-state index in [1.165, 1.54) is 11.1 Å². The highest BCUT2D eigenvalue weighted by Crippen LogP contribution is 2.16. The molecule has 0 saturated carbocycles. The van der Waals surface area contributed by atoms with E-state index in [1.54, 1.807) is 12.1 Å². The van der Waals surface area contributed by atoms with E-state index >= 15 is 0 Å². The molecule has 0 heterocycles. The first-order valence-electron chi connectivity index (χ1n) is 8.84. The topological polar surface area (TPSA) is 46.4 Å². The molecule has 27 heavy (non-hydrogen) atoms. The van der Waals surface area contributed by atoms with Gasteiger partial charge in [0.2, 0.25) is 0 Å². The van der Waals surface area contributed by atoms with Gasteiger partial charge in [-0.3, -0.25) is 15.0 Å². The zero-order valence-electron chi connectivity index (χ0n) is 14.9. The lowest BCUT2D eigenvalue weighted by Crippen LogP contribution is -2.25. The van der Waals surface area contributed by atoms with E-state index in [2.05, 4.69) is 17.0 Å². The highest BCUT2D eigenvalue weighted by molar-refractivity contribution is 6.30. The summed E-state index contributed by atoms with van der Waals surface area (Å²) in [7, 11) is 0. The van der Waals surface area contributed by atoms with Crippen molar-refractivity contribution in [1.82, 2.24) is 4.90 Å². The largest absolute Gasteiger partial charge is 0.295 e. The second-order valence-electron chi connectivity index (χ2n) is 6.50. The summed E-state index contributed by atoms with van der Waals surface area (Å²) in [6, 6.07) is 25.1. The molecule has 0 unspecified atom stereocenters. The van der Waals surface area contributed by atoms with Crippen molar-refractivity contribution in [3.8, 4) is 0 Å². The van der Waals surface area contributed by atoms with Gasteiger partial charge in [-0.1, -0.05) is 66.2 Å². The minimum atomic E-state index is -0.369. The van der Waals surface area contributed by atoms with Gasteiger partial charge in [0.1, 0.15) is 0 Å². The molecule has 0 fully saturated rings. The van der Waals surface area contributed by atoms with E-state index in [0.29, 0.717) is 0 Å². The lowest BCUT2D eigenvalue weighted by molar-refractivity contribution is -0.384. The third kappa shape index (κ3) is 5.91. The van der Waals surface area contributed by atoms with Gasteiger partial charge in [-0.05, 0) is 35.2 Å². The Morgan fingerprint density at radius 2 is 1.33 bits per heavy atom. The van der Waals surface area contributed by atoms with E-state index in [4.69, 9.17) is 11.6 Å². The molecule has 3 rings (SSSR count). The van der Waals surface area contributed by atoms with Crippen LogP contribution in [0.15, 0.2) is 78.9 Å². The molecule has 0 aliphatic rings. The van der Waals surface area contributed by atoms with Crippen molar-refractivity contribution in [2.24, 2.45) is 0 Å². The van der Waals surface area contributed by atoms with Gasteiger partial charge in [-0.25, -0.2) is 0 Å². The van der Waals surface area contributed by atoms with Crippen molar-refractivity contribution in [3.05, 3.63) is 111 Å². The zero-order chi connectivity index (χ0) is 19.1. The molecule has 0 radical (unpaired) electrons. The first-order valence-corrected chi connectivity index (χ1v) is 9.22. The third-order valence-electron chi connectivity index (χ3n) is 4.43. The summed E-state index contributed by atoms with van der Waals surface area (Å²) in [6.07, 6.45) is 0.832. The van der Waals surface area contributed by atoms with Gasteiger partial charge >= 0.3 is 0 Å². The molecule has 0 atom stereocenters. The molecule has 3 aromatic rings. The molecular formula is C22H21ClN2O2. The Labute approximate surface area is 164 Å². The number of hydrogen-bond donors (Lipinski definition) is 0. The predicted molar refractivity (Wildman–Crippen MR) is 109 cm³/mol. The average molecular weight is 381 g/mol. The summed E-state index contributed by atoms with van der Waals surface area (Å²) in [4.78, 5) is 12.8. The Balaban J connectivity index is 1.68. The van der Waals surface area contributed by atoms with Gasteiger partial charge in [0.05, 0.1) is 4.92 Å². The Kier molecular flexibility index (Phi) is 6.58. The zero-order valence-corrected chi connectivity index (χ0v) is 15.7. The Bertz CT molecular complexity index is 865. The van der Waals surface area contributed by atoms with Crippen molar-refractivity contribution >= 4 is 17.3 Å². The smallest absolute Gasteiger partial charge is 0.269 e. The molecule has 0 amide bonds. The van der Waals surface area contributed by atoms with Gasteiger partial charge in [0.25, 0.3) is 5.69 Å². The fraction of sp³-hybridized carbons (Fsp3) is 0.182. The van der Waals surface area contributed by atoms with E-state index in [0.717, 1.165) is 36.6 Å². The van der Waals surface area contributed by atoms with Crippen molar-refractivity contribution in [2.75, 3.05) is 6.54 Å². The molecular weight excluding hydrogens is 360 g/mol. The number of nitrogens with zero attached hydrogens (tertiary/aromatic N) is 2. The van der Waals surface area contributed by atoms with Crippen LogP contribution in [0.2, 0.25) is 5.02 Å². The van der Waals surface area contributed by atoms with E-state index in [-0.39, 0.29) is 10.6 Å². The molecule has 3 aromatic carbocycles. The van der Waals surface area contributed by atoms with Crippen LogP contribution in [-0.2, 0) is 19.5 Å². The summed E-state index contributed by atoms with van der Waals surface area (Å²) in [5.41, 5.74) is 3.69. The number of benzene rings is 3. The average Bonchev–Trinajstić information content (AvgIpc) is 2.69. The fourth-order valence-corrected chi connectivity index (χ4v) is 3.10. The Morgan fingerprint density at radius 1 is 0.778 bits per heavy atom. The van der Waals surface area contributed by atoms with Crippen LogP contribution in [0.4, 0.5) is 5.69 Å². The Hall–Kier alpha value is -2.69. The summed E-state index contributed by atoms with van der Waals surface area (Å²) in [5, 5.41) is 11.5. The van der Waals surface area contributed by atoms with Crippen LogP contribution in [0.25, 0.3) is 0 Å². The summed E-state index contributed by atoms with van der Waals surface area (Å²) >= 11 is 5.99. The molecule has 0 aliphatic heterocycles. The second kappa shape index (κ2) is 9.31. The first kappa shape index (κ1) is 19.1. The van der Waals surface area contributed by atoms with Gasteiger partial charge in [-0.15, -0.1) is 0 Å². The van der Waals surface area contributed by atoms with Crippen LogP contribution in [0.3, 0.4) is 0 Å². The lowest BCUT2D eigenvalue weighted by Gasteiger charge is -2.23. The maximum absolute atomic E-state index is 10.8. The minimum Gasteiger partial charge on any atom is -0.295 e. The van der Waals surface area contributed by atoms with Crippen molar-refractivity contribution in [3.63, 3.8) is 0 Å². The van der Waals surface area contributed by atoms with Gasteiger partial charge in [-0.2, -0.15) is 0 Å². The van der Waals surface area contributed by atoms with E-state index in [9.17, 15) is 10.1 Å². The van der Waals surface area contributed by atoms with Crippen LogP contribution in [0.1, 0.15) is 16.7 Å². The normalized spacial score (nSPS) is 10.9. The van der Waals surface area contributed by atoms with Gasteiger partial charge < -0.3 is 0 Å². The molecule has 0 bridgehead atoms. The standard InChI is InChI=1S/C22H21ClN2O2/c23-21-10-6-20(7-11-21)17-24(16-19-4-2-1-3-5-19)15-14-18-8-12-22(13-9-18)25(26)27/h1-13H,14-17H2. The monoisotopic (exact) mass is 380 g/mol. The number of hydrogen-bond acceptors (Lipinski definition) is 3. The molecule has 5 heteroatoms. The quantitative estimate of drug-likeness (QED) is 0.383. The van der Waals surface area contributed by atoms with Crippen molar-refractivity contribution in [1.29, 1.82) is 0 Å². The molecule has 0 N–H and O–H groups in total.